The monoisotopic (exact) mass is 271 g/mol. The number of aromatic amines is 1. The molecular weight excluding hydrogens is 258 g/mol. The molecule has 7 heteroatoms. The molecule has 0 aromatic carbocycles. The lowest BCUT2D eigenvalue weighted by Crippen LogP contribution is -2.23. The molecule has 3 heterocycles. The number of hydrogen-bond acceptors (Lipinski definition) is 5. The highest BCUT2D eigenvalue weighted by molar-refractivity contribution is 5.89. The van der Waals surface area contributed by atoms with Crippen LogP contribution < -0.4 is 16.7 Å². The highest BCUT2D eigenvalue weighted by atomic mass is 16.1. The molecule has 0 amide bonds. The molecule has 0 aliphatic rings. The normalized spacial score (nSPS) is 11.3. The minimum Gasteiger partial charge on any atom is -0.369 e. The first-order chi connectivity index (χ1) is 9.52. The Morgan fingerprint density at radius 3 is 2.70 bits per heavy atom. The fraction of sp³-hybridized carbons (Fsp3) is 0.231. The average Bonchev–Trinajstić information content (AvgIpc) is 2.38. The van der Waals surface area contributed by atoms with Crippen LogP contribution in [0.25, 0.3) is 22.1 Å². The van der Waals surface area contributed by atoms with Crippen LogP contribution in [-0.4, -0.2) is 19.5 Å². The maximum absolute atomic E-state index is 12.4. The Balaban J connectivity index is 2.73. The predicted molar refractivity (Wildman–Crippen MR) is 76.7 cm³/mol. The molecule has 3 N–H and O–H groups in total. The van der Waals surface area contributed by atoms with Crippen molar-refractivity contribution in [2.75, 3.05) is 5.73 Å². The fourth-order valence-electron chi connectivity index (χ4n) is 2.34. The Labute approximate surface area is 113 Å². The van der Waals surface area contributed by atoms with E-state index < -0.39 is 5.56 Å². The third-order valence-corrected chi connectivity index (χ3v) is 3.23. The number of hydrogen-bond donors (Lipinski definition) is 2. The number of fused-ring (bicyclic) bond motifs is 2. The van der Waals surface area contributed by atoms with Crippen molar-refractivity contribution >= 4 is 28.0 Å². The number of nitrogens with one attached hydrogen (secondary N) is 1. The van der Waals surface area contributed by atoms with Crippen molar-refractivity contribution in [3.63, 3.8) is 0 Å². The van der Waals surface area contributed by atoms with E-state index in [4.69, 9.17) is 5.73 Å². The van der Waals surface area contributed by atoms with E-state index in [1.54, 1.807) is 16.7 Å². The number of nitrogens with zero attached hydrogens (tertiary/aromatic N) is 3. The number of aromatic nitrogens is 4. The number of aryl methyl sites for hydroxylation is 2. The lowest BCUT2D eigenvalue weighted by molar-refractivity contribution is 0.795. The minimum absolute atomic E-state index is 0.0132. The van der Waals surface area contributed by atoms with Crippen LogP contribution >= 0.6 is 0 Å². The van der Waals surface area contributed by atoms with Crippen LogP contribution in [0.2, 0.25) is 0 Å². The smallest absolute Gasteiger partial charge is 0.265 e. The van der Waals surface area contributed by atoms with Gasteiger partial charge in [0, 0.05) is 12.2 Å². The molecule has 0 unspecified atom stereocenters. The molecule has 0 radical (unpaired) electrons. The maximum atomic E-state index is 12.4. The van der Waals surface area contributed by atoms with Crippen LogP contribution in [0.15, 0.2) is 21.7 Å². The molecule has 20 heavy (non-hydrogen) atoms. The zero-order valence-corrected chi connectivity index (χ0v) is 11.1. The molecule has 0 aliphatic carbocycles. The molecular formula is C13H13N5O2. The zero-order valence-electron chi connectivity index (χ0n) is 11.1. The first-order valence-corrected chi connectivity index (χ1v) is 6.22. The summed E-state index contributed by atoms with van der Waals surface area (Å²) in [5.41, 5.74) is 6.24. The van der Waals surface area contributed by atoms with Gasteiger partial charge in [0.05, 0.1) is 5.39 Å². The van der Waals surface area contributed by atoms with E-state index in [9.17, 15) is 9.59 Å². The van der Waals surface area contributed by atoms with Gasteiger partial charge in [0.2, 0.25) is 11.4 Å². The quantitative estimate of drug-likeness (QED) is 0.628. The summed E-state index contributed by atoms with van der Waals surface area (Å²) < 4.78 is 1.73. The predicted octanol–water partition coefficient (Wildman–Crippen LogP) is 0.544. The Hall–Kier alpha value is -2.70. The van der Waals surface area contributed by atoms with Gasteiger partial charge >= 0.3 is 0 Å². The van der Waals surface area contributed by atoms with E-state index in [1.165, 1.54) is 0 Å². The Kier molecular flexibility index (Phi) is 2.56. The standard InChI is InChI=1S/C13H13N5O2/c1-3-18-10-7(5-4-6(2)15-10)9(19)8-11(18)16-13(14)17-12(8)20/h4-5H,3H2,1-2H3,(H3,14,16,17,20). The van der Waals surface area contributed by atoms with E-state index >= 15 is 0 Å². The first kappa shape index (κ1) is 12.3. The summed E-state index contributed by atoms with van der Waals surface area (Å²) >= 11 is 0. The Morgan fingerprint density at radius 2 is 2.00 bits per heavy atom. The molecule has 102 valence electrons. The van der Waals surface area contributed by atoms with Crippen molar-refractivity contribution in [3.05, 3.63) is 38.4 Å². The summed E-state index contributed by atoms with van der Waals surface area (Å²) in [5, 5.41) is 0.418. The van der Waals surface area contributed by atoms with Crippen molar-refractivity contribution in [2.45, 2.75) is 20.4 Å². The van der Waals surface area contributed by atoms with Gasteiger partial charge in [0.15, 0.2) is 5.65 Å². The minimum atomic E-state index is -0.526. The van der Waals surface area contributed by atoms with Gasteiger partial charge in [-0.15, -0.1) is 0 Å². The van der Waals surface area contributed by atoms with Crippen molar-refractivity contribution in [2.24, 2.45) is 0 Å². The molecule has 0 saturated heterocycles. The lowest BCUT2D eigenvalue weighted by Gasteiger charge is -2.11. The molecule has 3 rings (SSSR count). The highest BCUT2D eigenvalue weighted by Crippen LogP contribution is 2.15. The van der Waals surface area contributed by atoms with Crippen LogP contribution in [0.1, 0.15) is 12.6 Å². The second-order valence-corrected chi connectivity index (χ2v) is 4.55. The van der Waals surface area contributed by atoms with Gasteiger partial charge in [0.25, 0.3) is 5.56 Å². The summed E-state index contributed by atoms with van der Waals surface area (Å²) in [5.74, 6) is -0.0175. The number of rotatable bonds is 1. The van der Waals surface area contributed by atoms with Gasteiger partial charge < -0.3 is 10.3 Å². The van der Waals surface area contributed by atoms with Crippen LogP contribution in [-0.2, 0) is 6.54 Å². The second-order valence-electron chi connectivity index (χ2n) is 4.55. The summed E-state index contributed by atoms with van der Waals surface area (Å²) in [4.78, 5) is 35.3. The van der Waals surface area contributed by atoms with Crippen molar-refractivity contribution in [1.29, 1.82) is 0 Å². The SMILES string of the molecule is CCn1c2nc(C)ccc2c(=O)c2c(=O)[nH]c(N)nc21. The van der Waals surface area contributed by atoms with Gasteiger partial charge in [-0.05, 0) is 26.0 Å². The van der Waals surface area contributed by atoms with Gasteiger partial charge in [-0.25, -0.2) is 4.98 Å². The third-order valence-electron chi connectivity index (χ3n) is 3.23. The van der Waals surface area contributed by atoms with E-state index in [2.05, 4.69) is 15.0 Å². The highest BCUT2D eigenvalue weighted by Gasteiger charge is 2.15. The number of nitrogen functional groups attached to an aromatic ring is 1. The van der Waals surface area contributed by atoms with Crippen molar-refractivity contribution < 1.29 is 0 Å². The molecule has 0 saturated carbocycles. The number of anilines is 1. The summed E-state index contributed by atoms with van der Waals surface area (Å²) in [6.45, 7) is 4.26. The van der Waals surface area contributed by atoms with Crippen molar-refractivity contribution in [3.8, 4) is 0 Å². The van der Waals surface area contributed by atoms with Gasteiger partial charge in [-0.2, -0.15) is 4.98 Å². The molecule has 0 aliphatic heterocycles. The van der Waals surface area contributed by atoms with Gasteiger partial charge in [0.1, 0.15) is 11.0 Å². The summed E-state index contributed by atoms with van der Waals surface area (Å²) in [6.07, 6.45) is 0. The largest absolute Gasteiger partial charge is 0.369 e. The second kappa shape index (κ2) is 4.16. The van der Waals surface area contributed by atoms with Crippen LogP contribution in [0.4, 0.5) is 5.95 Å². The number of pyridine rings is 2. The topological polar surface area (TPSA) is 107 Å². The maximum Gasteiger partial charge on any atom is 0.265 e. The first-order valence-electron chi connectivity index (χ1n) is 6.22. The van der Waals surface area contributed by atoms with Gasteiger partial charge in [-0.1, -0.05) is 0 Å². The molecule has 0 bridgehead atoms. The van der Waals surface area contributed by atoms with E-state index in [-0.39, 0.29) is 22.4 Å². The molecule has 0 atom stereocenters. The number of H-pyrrole nitrogens is 1. The molecule has 7 nitrogen and oxygen atoms in total. The summed E-state index contributed by atoms with van der Waals surface area (Å²) in [6, 6.07) is 3.43. The van der Waals surface area contributed by atoms with E-state index in [1.807, 2.05) is 13.8 Å². The molecule has 3 aromatic rings. The third kappa shape index (κ3) is 1.59. The fourth-order valence-corrected chi connectivity index (χ4v) is 2.34. The van der Waals surface area contributed by atoms with E-state index in [0.717, 1.165) is 5.69 Å². The average molecular weight is 271 g/mol. The van der Waals surface area contributed by atoms with Crippen LogP contribution in [0.3, 0.4) is 0 Å². The lowest BCUT2D eigenvalue weighted by atomic mass is 10.2. The van der Waals surface area contributed by atoms with Crippen molar-refractivity contribution in [1.82, 2.24) is 19.5 Å². The molecule has 0 spiro atoms. The summed E-state index contributed by atoms with van der Waals surface area (Å²) in [7, 11) is 0. The van der Waals surface area contributed by atoms with Crippen LogP contribution in [0.5, 0.6) is 0 Å². The molecule has 0 fully saturated rings. The Bertz CT molecular complexity index is 955. The Morgan fingerprint density at radius 1 is 1.25 bits per heavy atom. The molecule has 3 aromatic heterocycles. The van der Waals surface area contributed by atoms with E-state index in [0.29, 0.717) is 17.6 Å². The zero-order chi connectivity index (χ0) is 14.4. The van der Waals surface area contributed by atoms with Crippen LogP contribution in [0, 0.1) is 6.92 Å². The number of nitrogens with two attached hydrogens (primary N) is 1. The van der Waals surface area contributed by atoms with Gasteiger partial charge in [-0.3, -0.25) is 14.6 Å².